The van der Waals surface area contributed by atoms with Gasteiger partial charge in [-0.1, -0.05) is 0 Å². The van der Waals surface area contributed by atoms with Gasteiger partial charge in [0.1, 0.15) is 11.6 Å². The monoisotopic (exact) mass is 195 g/mol. The van der Waals surface area contributed by atoms with Crippen molar-refractivity contribution in [3.8, 4) is 0 Å². The standard InChI is InChI=1S/C9H13N3O2/c1-14-9(13)6-2-3-12-7(10)5-11-8(12)4-6/h5-6H,2-4,10H2,1H3. The predicted octanol–water partition coefficient (Wildman–Crippen LogP) is 0.201. The Balaban J connectivity index is 2.18. The van der Waals surface area contributed by atoms with E-state index in [0.29, 0.717) is 12.2 Å². The second-order valence-corrected chi connectivity index (χ2v) is 3.46. The van der Waals surface area contributed by atoms with E-state index < -0.39 is 0 Å². The Hall–Kier alpha value is -1.52. The molecular formula is C9H13N3O2. The molecule has 1 aliphatic heterocycles. The van der Waals surface area contributed by atoms with Crippen LogP contribution in [0.5, 0.6) is 0 Å². The maximum absolute atomic E-state index is 11.3. The summed E-state index contributed by atoms with van der Waals surface area (Å²) in [6.07, 6.45) is 3.04. The number of imidazole rings is 1. The van der Waals surface area contributed by atoms with Gasteiger partial charge in [0.2, 0.25) is 0 Å². The molecule has 0 radical (unpaired) electrons. The van der Waals surface area contributed by atoms with Gasteiger partial charge in [-0.25, -0.2) is 4.98 Å². The van der Waals surface area contributed by atoms with Crippen LogP contribution in [0.1, 0.15) is 12.2 Å². The van der Waals surface area contributed by atoms with Gasteiger partial charge in [-0.2, -0.15) is 0 Å². The second-order valence-electron chi connectivity index (χ2n) is 3.46. The molecule has 0 amide bonds. The fourth-order valence-corrected chi connectivity index (χ4v) is 1.83. The zero-order chi connectivity index (χ0) is 10.1. The van der Waals surface area contributed by atoms with Crippen molar-refractivity contribution in [1.82, 2.24) is 9.55 Å². The zero-order valence-electron chi connectivity index (χ0n) is 8.06. The van der Waals surface area contributed by atoms with Crippen LogP contribution in [0.2, 0.25) is 0 Å². The van der Waals surface area contributed by atoms with E-state index in [2.05, 4.69) is 4.98 Å². The highest BCUT2D eigenvalue weighted by molar-refractivity contribution is 5.72. The number of nitrogens with two attached hydrogens (primary N) is 1. The van der Waals surface area contributed by atoms with Crippen LogP contribution < -0.4 is 5.73 Å². The summed E-state index contributed by atoms with van der Waals surface area (Å²) in [5.74, 6) is 1.33. The SMILES string of the molecule is COC(=O)C1CCn2c(N)cnc2C1. The minimum Gasteiger partial charge on any atom is -0.469 e. The van der Waals surface area contributed by atoms with Gasteiger partial charge in [0.05, 0.1) is 19.2 Å². The second kappa shape index (κ2) is 3.32. The third-order valence-electron chi connectivity index (χ3n) is 2.63. The Morgan fingerprint density at radius 2 is 2.57 bits per heavy atom. The fourth-order valence-electron chi connectivity index (χ4n) is 1.83. The number of aromatic nitrogens is 2. The lowest BCUT2D eigenvalue weighted by molar-refractivity contribution is -0.146. The fraction of sp³-hybridized carbons (Fsp3) is 0.556. The van der Waals surface area contributed by atoms with Crippen LogP contribution in [0.3, 0.4) is 0 Å². The van der Waals surface area contributed by atoms with Crippen LogP contribution in [0.25, 0.3) is 0 Å². The number of hydrogen-bond donors (Lipinski definition) is 1. The van der Waals surface area contributed by atoms with Gasteiger partial charge in [0.25, 0.3) is 0 Å². The molecule has 1 atom stereocenters. The molecule has 2 heterocycles. The average molecular weight is 195 g/mol. The quantitative estimate of drug-likeness (QED) is 0.650. The van der Waals surface area contributed by atoms with Gasteiger partial charge < -0.3 is 15.0 Å². The average Bonchev–Trinajstić information content (AvgIpc) is 2.59. The summed E-state index contributed by atoms with van der Waals surface area (Å²) in [7, 11) is 1.41. The molecule has 0 aromatic carbocycles. The van der Waals surface area contributed by atoms with Gasteiger partial charge >= 0.3 is 5.97 Å². The first-order valence-corrected chi connectivity index (χ1v) is 4.60. The van der Waals surface area contributed by atoms with Crippen molar-refractivity contribution in [3.63, 3.8) is 0 Å². The Kier molecular flexibility index (Phi) is 2.15. The van der Waals surface area contributed by atoms with Gasteiger partial charge in [-0.15, -0.1) is 0 Å². The lowest BCUT2D eigenvalue weighted by Crippen LogP contribution is -2.27. The van der Waals surface area contributed by atoms with E-state index in [9.17, 15) is 4.79 Å². The van der Waals surface area contributed by atoms with Crippen molar-refractivity contribution in [2.24, 2.45) is 5.92 Å². The van der Waals surface area contributed by atoms with E-state index in [0.717, 1.165) is 18.8 Å². The topological polar surface area (TPSA) is 70.1 Å². The van der Waals surface area contributed by atoms with Crippen molar-refractivity contribution in [2.75, 3.05) is 12.8 Å². The van der Waals surface area contributed by atoms with Crippen LogP contribution in [0.4, 0.5) is 5.82 Å². The molecule has 1 unspecified atom stereocenters. The summed E-state index contributed by atoms with van der Waals surface area (Å²) in [5.41, 5.74) is 5.70. The molecule has 0 saturated carbocycles. The summed E-state index contributed by atoms with van der Waals surface area (Å²) >= 11 is 0. The van der Waals surface area contributed by atoms with Crippen LogP contribution in [0, 0.1) is 5.92 Å². The van der Waals surface area contributed by atoms with Crippen LogP contribution in [-0.4, -0.2) is 22.6 Å². The van der Waals surface area contributed by atoms with Crippen molar-refractivity contribution in [1.29, 1.82) is 0 Å². The lowest BCUT2D eigenvalue weighted by Gasteiger charge is -2.21. The summed E-state index contributed by atoms with van der Waals surface area (Å²) in [4.78, 5) is 15.4. The molecule has 0 spiro atoms. The molecule has 1 aliphatic rings. The number of ether oxygens (including phenoxy) is 1. The minimum absolute atomic E-state index is 0.0608. The smallest absolute Gasteiger partial charge is 0.309 e. The van der Waals surface area contributed by atoms with Gasteiger partial charge in [-0.3, -0.25) is 4.79 Å². The molecule has 5 nitrogen and oxygen atoms in total. The highest BCUT2D eigenvalue weighted by atomic mass is 16.5. The van der Waals surface area contributed by atoms with Crippen LogP contribution >= 0.6 is 0 Å². The number of carbonyl (C=O) groups excluding carboxylic acids is 1. The summed E-state index contributed by atoms with van der Waals surface area (Å²) in [5, 5.41) is 0. The van der Waals surface area contributed by atoms with Crippen molar-refractivity contribution in [3.05, 3.63) is 12.0 Å². The zero-order valence-corrected chi connectivity index (χ0v) is 8.06. The van der Waals surface area contributed by atoms with E-state index >= 15 is 0 Å². The maximum atomic E-state index is 11.3. The third kappa shape index (κ3) is 1.34. The largest absolute Gasteiger partial charge is 0.469 e. The van der Waals surface area contributed by atoms with E-state index in [4.69, 9.17) is 10.5 Å². The van der Waals surface area contributed by atoms with E-state index in [-0.39, 0.29) is 11.9 Å². The summed E-state index contributed by atoms with van der Waals surface area (Å²) in [6.45, 7) is 0.751. The number of esters is 1. The molecule has 1 aromatic rings. The first-order valence-electron chi connectivity index (χ1n) is 4.60. The van der Waals surface area contributed by atoms with Crippen molar-refractivity contribution < 1.29 is 9.53 Å². The number of fused-ring (bicyclic) bond motifs is 1. The van der Waals surface area contributed by atoms with Gasteiger partial charge in [-0.05, 0) is 6.42 Å². The van der Waals surface area contributed by atoms with Crippen LogP contribution in [-0.2, 0) is 22.5 Å². The third-order valence-corrected chi connectivity index (χ3v) is 2.63. The molecule has 0 aliphatic carbocycles. The van der Waals surface area contributed by atoms with Gasteiger partial charge in [0, 0.05) is 13.0 Å². The molecule has 14 heavy (non-hydrogen) atoms. The molecule has 76 valence electrons. The highest BCUT2D eigenvalue weighted by Gasteiger charge is 2.26. The van der Waals surface area contributed by atoms with E-state index in [1.165, 1.54) is 7.11 Å². The Bertz CT molecular complexity index is 359. The normalized spacial score (nSPS) is 20.2. The number of carbonyl (C=O) groups is 1. The Morgan fingerprint density at radius 1 is 1.79 bits per heavy atom. The first-order chi connectivity index (χ1) is 6.72. The molecule has 0 saturated heterocycles. The number of hydrogen-bond acceptors (Lipinski definition) is 4. The maximum Gasteiger partial charge on any atom is 0.309 e. The minimum atomic E-state index is -0.155. The lowest BCUT2D eigenvalue weighted by atomic mass is 9.98. The van der Waals surface area contributed by atoms with Crippen molar-refractivity contribution >= 4 is 11.8 Å². The number of anilines is 1. The summed E-state index contributed by atoms with van der Waals surface area (Å²) in [6, 6.07) is 0. The molecular weight excluding hydrogens is 182 g/mol. The first kappa shape index (κ1) is 9.05. The number of rotatable bonds is 1. The number of nitrogens with zero attached hydrogens (tertiary/aromatic N) is 2. The number of nitrogen functional groups attached to an aromatic ring is 1. The van der Waals surface area contributed by atoms with E-state index in [1.54, 1.807) is 6.20 Å². The molecule has 0 bridgehead atoms. The predicted molar refractivity (Wildman–Crippen MR) is 50.5 cm³/mol. The molecule has 2 N–H and O–H groups in total. The molecule has 2 rings (SSSR count). The highest BCUT2D eigenvalue weighted by Crippen LogP contribution is 2.22. The van der Waals surface area contributed by atoms with Gasteiger partial charge in [0.15, 0.2) is 0 Å². The Labute approximate surface area is 81.9 Å². The van der Waals surface area contributed by atoms with Crippen LogP contribution in [0.15, 0.2) is 6.20 Å². The van der Waals surface area contributed by atoms with E-state index in [1.807, 2.05) is 4.57 Å². The summed E-state index contributed by atoms with van der Waals surface area (Å²) < 4.78 is 6.65. The van der Waals surface area contributed by atoms with Crippen molar-refractivity contribution in [2.45, 2.75) is 19.4 Å². The molecule has 0 fully saturated rings. The number of methoxy groups -OCH3 is 1. The molecule has 5 heteroatoms. The Morgan fingerprint density at radius 3 is 3.29 bits per heavy atom. The molecule has 1 aromatic heterocycles.